The van der Waals surface area contributed by atoms with Gasteiger partial charge >= 0.3 is 0 Å². The highest BCUT2D eigenvalue weighted by atomic mass is 16.4. The van der Waals surface area contributed by atoms with Gasteiger partial charge < -0.3 is 30.8 Å². The Hall–Kier alpha value is -1.51. The number of benzene rings is 1. The monoisotopic (exact) mass is 353 g/mol. The van der Waals surface area contributed by atoms with Crippen molar-refractivity contribution in [1.29, 1.82) is 0 Å². The fourth-order valence-electron chi connectivity index (χ4n) is 3.17. The molecule has 1 aliphatic rings. The first-order valence-electron chi connectivity index (χ1n) is 8.68. The van der Waals surface area contributed by atoms with E-state index in [-0.39, 0.29) is 0 Å². The lowest BCUT2D eigenvalue weighted by atomic mass is 9.84. The Bertz CT molecular complexity index is 543. The Labute approximate surface area is 146 Å². The molecule has 7 heteroatoms. The highest BCUT2D eigenvalue weighted by Gasteiger charge is 2.34. The number of rotatable bonds is 7. The summed E-state index contributed by atoms with van der Waals surface area (Å²) >= 11 is 0. The minimum absolute atomic E-state index is 0.466. The molecule has 1 aliphatic carbocycles. The smallest absolute Gasteiger partial charge is 0.256 e. The molecular weight excluding hydrogens is 326 g/mol. The number of hydrogen-bond donors (Lipinski definition) is 6. The normalized spacial score (nSPS) is 20.5. The standard InChI is InChI=1S/C18H27NO6/c20-10-14(21)15(22)16(23)17(24)18(25)19-13-8-6-12(7-9-13)11-4-2-1-3-5-11/h6-9,11,14-17,20-24H,1-5,10H2,(H,19,25)/t14-,15-,16+,17-/m1/s1. The molecule has 2 rings (SSSR count). The quantitative estimate of drug-likeness (QED) is 0.413. The van der Waals surface area contributed by atoms with E-state index < -0.39 is 36.9 Å². The van der Waals surface area contributed by atoms with Gasteiger partial charge in [-0.15, -0.1) is 0 Å². The maximum atomic E-state index is 12.0. The Morgan fingerprint density at radius 3 is 2.16 bits per heavy atom. The van der Waals surface area contributed by atoms with E-state index in [9.17, 15) is 25.2 Å². The second kappa shape index (κ2) is 9.26. The maximum Gasteiger partial charge on any atom is 0.256 e. The van der Waals surface area contributed by atoms with Gasteiger partial charge in [-0.1, -0.05) is 31.4 Å². The molecule has 0 unspecified atom stereocenters. The summed E-state index contributed by atoms with van der Waals surface area (Å²) in [5.74, 6) is -0.358. The molecule has 140 valence electrons. The highest BCUT2D eigenvalue weighted by Crippen LogP contribution is 2.32. The first-order chi connectivity index (χ1) is 11.9. The molecular formula is C18H27NO6. The van der Waals surface area contributed by atoms with Gasteiger partial charge in [0.1, 0.15) is 18.3 Å². The molecule has 0 spiro atoms. The number of aliphatic hydroxyl groups is 5. The minimum Gasteiger partial charge on any atom is -0.394 e. The van der Waals surface area contributed by atoms with Crippen LogP contribution in [0.4, 0.5) is 5.69 Å². The molecule has 0 bridgehead atoms. The van der Waals surface area contributed by atoms with Crippen LogP contribution in [0, 0.1) is 0 Å². The van der Waals surface area contributed by atoms with Crippen molar-refractivity contribution in [3.63, 3.8) is 0 Å². The molecule has 0 saturated heterocycles. The van der Waals surface area contributed by atoms with Gasteiger partial charge in [-0.25, -0.2) is 0 Å². The van der Waals surface area contributed by atoms with Gasteiger partial charge in [0.15, 0.2) is 6.10 Å². The molecule has 1 fully saturated rings. The molecule has 25 heavy (non-hydrogen) atoms. The van der Waals surface area contributed by atoms with Gasteiger partial charge in [-0.3, -0.25) is 4.79 Å². The largest absolute Gasteiger partial charge is 0.394 e. The van der Waals surface area contributed by atoms with Crippen LogP contribution >= 0.6 is 0 Å². The van der Waals surface area contributed by atoms with Crippen molar-refractivity contribution < 1.29 is 30.3 Å². The van der Waals surface area contributed by atoms with Crippen LogP contribution in [-0.2, 0) is 4.79 Å². The summed E-state index contributed by atoms with van der Waals surface area (Å²) in [6.07, 6.45) is -1.25. The maximum absolute atomic E-state index is 12.0. The van der Waals surface area contributed by atoms with Crippen LogP contribution < -0.4 is 5.32 Å². The average Bonchev–Trinajstić information content (AvgIpc) is 2.66. The van der Waals surface area contributed by atoms with Gasteiger partial charge in [0.25, 0.3) is 5.91 Å². The number of carbonyl (C=O) groups excluding carboxylic acids is 1. The van der Waals surface area contributed by atoms with E-state index in [0.29, 0.717) is 11.6 Å². The highest BCUT2D eigenvalue weighted by molar-refractivity contribution is 5.94. The van der Waals surface area contributed by atoms with Gasteiger partial charge in [0.2, 0.25) is 0 Å². The predicted molar refractivity (Wildman–Crippen MR) is 92.0 cm³/mol. The van der Waals surface area contributed by atoms with Crippen molar-refractivity contribution in [2.24, 2.45) is 0 Å². The summed E-state index contributed by atoms with van der Waals surface area (Å²) in [4.78, 5) is 12.0. The van der Waals surface area contributed by atoms with Crippen LogP contribution in [0.2, 0.25) is 0 Å². The van der Waals surface area contributed by atoms with Crippen LogP contribution in [0.3, 0.4) is 0 Å². The molecule has 1 saturated carbocycles. The Morgan fingerprint density at radius 1 is 1.00 bits per heavy atom. The third-order valence-electron chi connectivity index (χ3n) is 4.78. The zero-order valence-electron chi connectivity index (χ0n) is 14.1. The van der Waals surface area contributed by atoms with Crippen LogP contribution in [0.1, 0.15) is 43.6 Å². The number of hydrogen-bond acceptors (Lipinski definition) is 6. The fraction of sp³-hybridized carbons (Fsp3) is 0.611. The molecule has 0 aromatic heterocycles. The molecule has 0 heterocycles. The van der Waals surface area contributed by atoms with Crippen molar-refractivity contribution in [1.82, 2.24) is 0 Å². The zero-order chi connectivity index (χ0) is 18.4. The number of amides is 1. The van der Waals surface area contributed by atoms with Gasteiger partial charge in [-0.05, 0) is 36.5 Å². The first kappa shape index (κ1) is 19.8. The van der Waals surface area contributed by atoms with E-state index in [0.717, 1.165) is 0 Å². The summed E-state index contributed by atoms with van der Waals surface area (Å²) in [5.41, 5.74) is 1.69. The van der Waals surface area contributed by atoms with Crippen molar-refractivity contribution in [2.45, 2.75) is 62.4 Å². The summed E-state index contributed by atoms with van der Waals surface area (Å²) < 4.78 is 0. The van der Waals surface area contributed by atoms with Gasteiger partial charge in [0, 0.05) is 5.69 Å². The Morgan fingerprint density at radius 2 is 1.60 bits per heavy atom. The molecule has 1 aromatic rings. The first-order valence-corrected chi connectivity index (χ1v) is 8.68. The molecule has 1 aromatic carbocycles. The van der Waals surface area contributed by atoms with Crippen molar-refractivity contribution in [3.8, 4) is 0 Å². The predicted octanol–water partition coefficient (Wildman–Crippen LogP) is 0.109. The number of aliphatic hydroxyl groups excluding tert-OH is 5. The van der Waals surface area contributed by atoms with Gasteiger partial charge in [-0.2, -0.15) is 0 Å². The van der Waals surface area contributed by atoms with E-state index in [2.05, 4.69) is 5.32 Å². The summed E-state index contributed by atoms with van der Waals surface area (Å²) in [6, 6.07) is 7.36. The minimum atomic E-state index is -1.94. The van der Waals surface area contributed by atoms with Crippen molar-refractivity contribution in [2.75, 3.05) is 11.9 Å². The summed E-state index contributed by atoms with van der Waals surface area (Å²) in [7, 11) is 0. The van der Waals surface area contributed by atoms with E-state index in [1.807, 2.05) is 12.1 Å². The second-order valence-electron chi connectivity index (χ2n) is 6.62. The summed E-state index contributed by atoms with van der Waals surface area (Å²) in [6.45, 7) is -0.796. The third-order valence-corrected chi connectivity index (χ3v) is 4.78. The molecule has 0 radical (unpaired) electrons. The molecule has 0 aliphatic heterocycles. The number of nitrogens with one attached hydrogen (secondary N) is 1. The molecule has 7 nitrogen and oxygen atoms in total. The number of carbonyl (C=O) groups is 1. The van der Waals surface area contributed by atoms with Crippen LogP contribution in [0.5, 0.6) is 0 Å². The SMILES string of the molecule is O=C(Nc1ccc(C2CCCCC2)cc1)[C@H](O)[C@@H](O)[C@H](O)[C@H](O)CO. The van der Waals surface area contributed by atoms with Crippen LogP contribution in [-0.4, -0.2) is 62.5 Å². The molecule has 6 N–H and O–H groups in total. The Kier molecular flexibility index (Phi) is 7.34. The third kappa shape index (κ3) is 5.23. The lowest BCUT2D eigenvalue weighted by molar-refractivity contribution is -0.144. The Balaban J connectivity index is 1.93. The molecule has 4 atom stereocenters. The van der Waals surface area contributed by atoms with Gasteiger partial charge in [0.05, 0.1) is 6.61 Å². The van der Waals surface area contributed by atoms with E-state index in [1.165, 1.54) is 37.7 Å². The lowest BCUT2D eigenvalue weighted by Gasteiger charge is -2.25. The average molecular weight is 353 g/mol. The van der Waals surface area contributed by atoms with Crippen LogP contribution in [0.25, 0.3) is 0 Å². The second-order valence-corrected chi connectivity index (χ2v) is 6.62. The number of anilines is 1. The zero-order valence-corrected chi connectivity index (χ0v) is 14.1. The van der Waals surface area contributed by atoms with Crippen molar-refractivity contribution in [3.05, 3.63) is 29.8 Å². The van der Waals surface area contributed by atoms with E-state index >= 15 is 0 Å². The lowest BCUT2D eigenvalue weighted by Crippen LogP contribution is -2.50. The van der Waals surface area contributed by atoms with E-state index in [1.54, 1.807) is 12.1 Å². The molecule has 1 amide bonds. The van der Waals surface area contributed by atoms with Crippen molar-refractivity contribution >= 4 is 11.6 Å². The fourth-order valence-corrected chi connectivity index (χ4v) is 3.17. The topological polar surface area (TPSA) is 130 Å². The summed E-state index contributed by atoms with van der Waals surface area (Å²) in [5, 5.41) is 49.5. The van der Waals surface area contributed by atoms with Crippen LogP contribution in [0.15, 0.2) is 24.3 Å². The van der Waals surface area contributed by atoms with E-state index in [4.69, 9.17) is 5.11 Å².